The van der Waals surface area contributed by atoms with Gasteiger partial charge in [-0.05, 0) is 43.8 Å². The summed E-state index contributed by atoms with van der Waals surface area (Å²) in [6.45, 7) is 8.30. The number of urea groups is 1. The molecule has 2 aromatic carbocycles. The van der Waals surface area contributed by atoms with Crippen molar-refractivity contribution < 1.29 is 18.0 Å². The number of nitrogens with zero attached hydrogens (tertiary/aromatic N) is 2. The zero-order valence-corrected chi connectivity index (χ0v) is 16.5. The van der Waals surface area contributed by atoms with Crippen LogP contribution in [0.5, 0.6) is 0 Å². The summed E-state index contributed by atoms with van der Waals surface area (Å²) in [5.74, 6) is -1.99. The summed E-state index contributed by atoms with van der Waals surface area (Å²) < 4.78 is 40.7. The normalized spacial score (nSPS) is 15.8. The highest BCUT2D eigenvalue weighted by Gasteiger charge is 2.22. The van der Waals surface area contributed by atoms with E-state index in [1.807, 2.05) is 0 Å². The average Bonchev–Trinajstić information content (AvgIpc) is 2.70. The summed E-state index contributed by atoms with van der Waals surface area (Å²) in [7, 11) is 0. The highest BCUT2D eigenvalue weighted by Crippen LogP contribution is 2.28. The number of hydrogen-bond acceptors (Lipinski definition) is 3. The molecule has 1 aliphatic heterocycles. The van der Waals surface area contributed by atoms with Crippen LogP contribution in [0.1, 0.15) is 25.5 Å². The number of rotatable bonds is 5. The van der Waals surface area contributed by atoms with E-state index < -0.39 is 29.5 Å². The first-order valence-electron chi connectivity index (χ1n) is 9.66. The second kappa shape index (κ2) is 9.17. The van der Waals surface area contributed by atoms with E-state index in [4.69, 9.17) is 0 Å². The molecule has 1 atom stereocenters. The number of carbonyl (C=O) groups is 1. The molecule has 3 rings (SSSR count). The first-order chi connectivity index (χ1) is 13.9. The molecular formula is C21H25F3N4O. The highest BCUT2D eigenvalue weighted by atomic mass is 19.1. The number of anilines is 2. The van der Waals surface area contributed by atoms with Crippen molar-refractivity contribution in [3.05, 3.63) is 59.4 Å². The van der Waals surface area contributed by atoms with Gasteiger partial charge in [-0.3, -0.25) is 0 Å². The Morgan fingerprint density at radius 3 is 2.34 bits per heavy atom. The molecule has 1 unspecified atom stereocenters. The van der Waals surface area contributed by atoms with E-state index in [1.54, 1.807) is 13.0 Å². The maximum Gasteiger partial charge on any atom is 0.319 e. The van der Waals surface area contributed by atoms with Crippen molar-refractivity contribution in [2.75, 3.05) is 42.9 Å². The number of benzene rings is 2. The minimum absolute atomic E-state index is 0.133. The summed E-state index contributed by atoms with van der Waals surface area (Å²) in [5.41, 5.74) is 1.37. The maximum absolute atomic E-state index is 13.9. The quantitative estimate of drug-likeness (QED) is 0.785. The van der Waals surface area contributed by atoms with Gasteiger partial charge in [0, 0.05) is 43.5 Å². The van der Waals surface area contributed by atoms with Gasteiger partial charge in [-0.15, -0.1) is 0 Å². The molecule has 29 heavy (non-hydrogen) atoms. The van der Waals surface area contributed by atoms with Crippen LogP contribution in [-0.4, -0.2) is 43.7 Å². The number of nitrogens with one attached hydrogen (secondary N) is 2. The van der Waals surface area contributed by atoms with Gasteiger partial charge < -0.3 is 20.4 Å². The van der Waals surface area contributed by atoms with Crippen LogP contribution in [-0.2, 0) is 0 Å². The SMILES string of the molecule is CCN1CCN(c2ccc(F)cc2C(C)NC(=O)Nc2ccc(F)cc2F)CC1. The van der Waals surface area contributed by atoms with Crippen LogP contribution in [0.2, 0.25) is 0 Å². The van der Waals surface area contributed by atoms with Crippen molar-refractivity contribution in [2.24, 2.45) is 0 Å². The van der Waals surface area contributed by atoms with Crippen molar-refractivity contribution in [3.63, 3.8) is 0 Å². The first-order valence-corrected chi connectivity index (χ1v) is 9.66. The van der Waals surface area contributed by atoms with E-state index in [-0.39, 0.29) is 5.69 Å². The number of amides is 2. The largest absolute Gasteiger partial charge is 0.369 e. The molecule has 1 heterocycles. The summed E-state index contributed by atoms with van der Waals surface area (Å²) >= 11 is 0. The Balaban J connectivity index is 1.72. The molecule has 0 bridgehead atoms. The Morgan fingerprint density at radius 2 is 1.69 bits per heavy atom. The van der Waals surface area contributed by atoms with Gasteiger partial charge in [0.05, 0.1) is 11.7 Å². The lowest BCUT2D eigenvalue weighted by molar-refractivity contribution is 0.249. The van der Waals surface area contributed by atoms with Crippen LogP contribution in [0.3, 0.4) is 0 Å². The molecule has 2 aromatic rings. The van der Waals surface area contributed by atoms with Gasteiger partial charge in [0.2, 0.25) is 0 Å². The average molecular weight is 406 g/mol. The molecule has 0 radical (unpaired) electrons. The maximum atomic E-state index is 13.9. The number of piperazine rings is 1. The zero-order valence-electron chi connectivity index (χ0n) is 16.5. The van der Waals surface area contributed by atoms with Gasteiger partial charge in [0.25, 0.3) is 0 Å². The van der Waals surface area contributed by atoms with E-state index >= 15 is 0 Å². The topological polar surface area (TPSA) is 47.6 Å². The lowest BCUT2D eigenvalue weighted by atomic mass is 10.0. The van der Waals surface area contributed by atoms with Gasteiger partial charge in [-0.25, -0.2) is 18.0 Å². The first kappa shape index (κ1) is 21.0. The highest BCUT2D eigenvalue weighted by molar-refractivity contribution is 5.89. The molecule has 2 N–H and O–H groups in total. The molecular weight excluding hydrogens is 381 g/mol. The van der Waals surface area contributed by atoms with Crippen LogP contribution in [0, 0.1) is 17.5 Å². The molecule has 2 amide bonds. The summed E-state index contributed by atoms with van der Waals surface area (Å²) in [6, 6.07) is 6.26. The number of likely N-dealkylation sites (N-methyl/N-ethyl adjacent to an activating group) is 1. The fraction of sp³-hybridized carbons (Fsp3) is 0.381. The van der Waals surface area contributed by atoms with Crippen LogP contribution in [0.4, 0.5) is 29.3 Å². The van der Waals surface area contributed by atoms with Crippen LogP contribution in [0.25, 0.3) is 0 Å². The third-order valence-corrected chi connectivity index (χ3v) is 5.14. The van der Waals surface area contributed by atoms with Crippen LogP contribution in [0.15, 0.2) is 36.4 Å². The Morgan fingerprint density at radius 1 is 1.03 bits per heavy atom. The van der Waals surface area contributed by atoms with Crippen molar-refractivity contribution in [1.82, 2.24) is 10.2 Å². The second-order valence-corrected chi connectivity index (χ2v) is 7.07. The molecule has 0 saturated carbocycles. The van der Waals surface area contributed by atoms with E-state index in [1.165, 1.54) is 12.1 Å². The van der Waals surface area contributed by atoms with E-state index in [0.29, 0.717) is 11.6 Å². The minimum atomic E-state index is -0.868. The molecule has 1 fully saturated rings. The molecule has 0 spiro atoms. The Labute approximate surface area is 168 Å². The van der Waals surface area contributed by atoms with E-state index in [0.717, 1.165) is 50.5 Å². The predicted octanol–water partition coefficient (Wildman–Crippen LogP) is 4.13. The molecule has 1 aliphatic rings. The minimum Gasteiger partial charge on any atom is -0.369 e. The van der Waals surface area contributed by atoms with E-state index in [2.05, 4.69) is 27.4 Å². The second-order valence-electron chi connectivity index (χ2n) is 7.07. The zero-order chi connectivity index (χ0) is 21.0. The summed E-state index contributed by atoms with van der Waals surface area (Å²) in [6.07, 6.45) is 0. The van der Waals surface area contributed by atoms with Crippen LogP contribution >= 0.6 is 0 Å². The monoisotopic (exact) mass is 406 g/mol. The van der Waals surface area contributed by atoms with Crippen LogP contribution < -0.4 is 15.5 Å². The lowest BCUT2D eigenvalue weighted by Crippen LogP contribution is -2.46. The molecule has 8 heteroatoms. The standard InChI is InChI=1S/C21H25F3N4O/c1-3-27-8-10-28(11-9-27)20-7-5-15(22)12-17(20)14(2)25-21(29)26-19-6-4-16(23)13-18(19)24/h4-7,12-14H,3,8-11H2,1-2H3,(H2,25,26,29). The molecule has 5 nitrogen and oxygen atoms in total. The Kier molecular flexibility index (Phi) is 6.64. The van der Waals surface area contributed by atoms with Gasteiger partial charge in [-0.1, -0.05) is 6.92 Å². The number of halogens is 3. The summed E-state index contributed by atoms with van der Waals surface area (Å²) in [4.78, 5) is 16.8. The molecule has 0 aromatic heterocycles. The lowest BCUT2D eigenvalue weighted by Gasteiger charge is -2.37. The molecule has 1 saturated heterocycles. The smallest absolute Gasteiger partial charge is 0.319 e. The van der Waals surface area contributed by atoms with Crippen molar-refractivity contribution in [2.45, 2.75) is 19.9 Å². The fourth-order valence-electron chi connectivity index (χ4n) is 3.49. The van der Waals surface area contributed by atoms with Crippen molar-refractivity contribution >= 4 is 17.4 Å². The third-order valence-electron chi connectivity index (χ3n) is 5.14. The van der Waals surface area contributed by atoms with Crippen molar-refractivity contribution in [3.8, 4) is 0 Å². The Hall–Kier alpha value is -2.74. The Bertz CT molecular complexity index is 869. The number of carbonyl (C=O) groups excluding carboxylic acids is 1. The van der Waals surface area contributed by atoms with Gasteiger partial charge in [0.1, 0.15) is 17.5 Å². The molecule has 0 aliphatic carbocycles. The summed E-state index contributed by atoms with van der Waals surface area (Å²) in [5, 5.41) is 5.06. The van der Waals surface area contributed by atoms with E-state index in [9.17, 15) is 18.0 Å². The van der Waals surface area contributed by atoms with Crippen molar-refractivity contribution in [1.29, 1.82) is 0 Å². The van der Waals surface area contributed by atoms with Gasteiger partial charge >= 0.3 is 6.03 Å². The molecule has 156 valence electrons. The number of hydrogen-bond donors (Lipinski definition) is 2. The third kappa shape index (κ3) is 5.20. The van der Waals surface area contributed by atoms with Gasteiger partial charge in [-0.2, -0.15) is 0 Å². The van der Waals surface area contributed by atoms with Gasteiger partial charge in [0.15, 0.2) is 0 Å². The fourth-order valence-corrected chi connectivity index (χ4v) is 3.49. The predicted molar refractivity (Wildman–Crippen MR) is 108 cm³/mol.